The van der Waals surface area contributed by atoms with Crippen molar-refractivity contribution in [2.45, 2.75) is 38.0 Å². The summed E-state index contributed by atoms with van der Waals surface area (Å²) in [6.45, 7) is 1.92. The Labute approximate surface area is 94.6 Å². The minimum absolute atomic E-state index is 0.0490. The van der Waals surface area contributed by atoms with E-state index in [1.165, 1.54) is 7.05 Å². The molecular weight excluding hydrogens is 210 g/mol. The molecule has 2 amide bonds. The first-order chi connectivity index (χ1) is 7.45. The van der Waals surface area contributed by atoms with Crippen molar-refractivity contribution in [1.29, 1.82) is 0 Å². The topological polar surface area (TPSA) is 104 Å². The number of nitrogens with one attached hydrogen (secondary N) is 2. The molecular formula is C10H19N3O3. The van der Waals surface area contributed by atoms with Gasteiger partial charge in [-0.15, -0.1) is 0 Å². The predicted molar refractivity (Wildman–Crippen MR) is 58.4 cm³/mol. The molecule has 0 bridgehead atoms. The molecule has 1 aliphatic heterocycles. The van der Waals surface area contributed by atoms with Gasteiger partial charge in [0.05, 0.1) is 0 Å². The second-order valence-electron chi connectivity index (χ2n) is 4.30. The largest absolute Gasteiger partial charge is 0.382 e. The molecule has 1 rings (SSSR count). The lowest BCUT2D eigenvalue weighted by atomic mass is 9.94. The number of carbonyl (C=O) groups excluding carboxylic acids is 2. The number of amides is 2. The molecule has 1 saturated heterocycles. The minimum Gasteiger partial charge on any atom is -0.382 e. The molecule has 1 unspecified atom stereocenters. The van der Waals surface area contributed by atoms with Crippen LogP contribution in [0.4, 0.5) is 0 Å². The van der Waals surface area contributed by atoms with E-state index in [0.717, 1.165) is 0 Å². The van der Waals surface area contributed by atoms with Gasteiger partial charge in [0.15, 0.2) is 0 Å². The van der Waals surface area contributed by atoms with Crippen molar-refractivity contribution in [2.75, 3.05) is 7.05 Å². The molecule has 1 aliphatic rings. The number of rotatable bonds is 4. The molecule has 0 spiro atoms. The third kappa shape index (κ3) is 2.93. The molecule has 5 N–H and O–H groups in total. The normalized spacial score (nSPS) is 28.4. The Morgan fingerprint density at radius 1 is 1.75 bits per heavy atom. The Morgan fingerprint density at radius 2 is 2.38 bits per heavy atom. The van der Waals surface area contributed by atoms with Gasteiger partial charge in [-0.2, -0.15) is 0 Å². The fraction of sp³-hybridized carbons (Fsp3) is 0.800. The van der Waals surface area contributed by atoms with E-state index in [1.807, 2.05) is 6.92 Å². The fourth-order valence-corrected chi connectivity index (χ4v) is 1.96. The van der Waals surface area contributed by atoms with Crippen LogP contribution in [0.1, 0.15) is 19.8 Å². The summed E-state index contributed by atoms with van der Waals surface area (Å²) in [5.74, 6) is -0.768. The van der Waals surface area contributed by atoms with Crippen LogP contribution in [0.25, 0.3) is 0 Å². The van der Waals surface area contributed by atoms with Gasteiger partial charge in [0.25, 0.3) is 0 Å². The summed E-state index contributed by atoms with van der Waals surface area (Å²) in [4.78, 5) is 22.6. The Bertz CT molecular complexity index is 282. The van der Waals surface area contributed by atoms with E-state index in [9.17, 15) is 14.7 Å². The van der Waals surface area contributed by atoms with E-state index in [-0.39, 0.29) is 17.9 Å². The van der Waals surface area contributed by atoms with E-state index >= 15 is 0 Å². The molecule has 0 aromatic carbocycles. The SMILES string of the molecule is CNC(=O)C(O)[C@@H](N)C[C@@H]1C[C@@H](C)NC1=O. The maximum Gasteiger partial charge on any atom is 0.250 e. The first-order valence-corrected chi connectivity index (χ1v) is 5.41. The highest BCUT2D eigenvalue weighted by molar-refractivity contribution is 5.82. The van der Waals surface area contributed by atoms with Crippen LogP contribution >= 0.6 is 0 Å². The van der Waals surface area contributed by atoms with Gasteiger partial charge >= 0.3 is 0 Å². The zero-order chi connectivity index (χ0) is 12.3. The highest BCUT2D eigenvalue weighted by atomic mass is 16.3. The molecule has 6 heteroatoms. The average molecular weight is 229 g/mol. The molecule has 0 aromatic heterocycles. The summed E-state index contributed by atoms with van der Waals surface area (Å²) in [6.07, 6.45) is -0.230. The fourth-order valence-electron chi connectivity index (χ4n) is 1.96. The number of hydrogen-bond acceptors (Lipinski definition) is 4. The monoisotopic (exact) mass is 229 g/mol. The molecule has 0 saturated carbocycles. The smallest absolute Gasteiger partial charge is 0.250 e. The molecule has 0 radical (unpaired) electrons. The van der Waals surface area contributed by atoms with Gasteiger partial charge in [-0.1, -0.05) is 0 Å². The van der Waals surface area contributed by atoms with E-state index in [2.05, 4.69) is 10.6 Å². The van der Waals surface area contributed by atoms with E-state index in [1.54, 1.807) is 0 Å². The van der Waals surface area contributed by atoms with Crippen molar-refractivity contribution in [2.24, 2.45) is 11.7 Å². The van der Waals surface area contributed by atoms with E-state index < -0.39 is 18.1 Å². The van der Waals surface area contributed by atoms with Crippen LogP contribution in [0, 0.1) is 5.92 Å². The first-order valence-electron chi connectivity index (χ1n) is 5.41. The number of likely N-dealkylation sites (N-methyl/N-ethyl adjacent to an activating group) is 1. The Morgan fingerprint density at radius 3 is 2.81 bits per heavy atom. The molecule has 1 heterocycles. The quantitative estimate of drug-likeness (QED) is 0.463. The van der Waals surface area contributed by atoms with Gasteiger partial charge < -0.3 is 21.5 Å². The van der Waals surface area contributed by atoms with Gasteiger partial charge in [-0.05, 0) is 19.8 Å². The zero-order valence-electron chi connectivity index (χ0n) is 9.56. The number of hydrogen-bond donors (Lipinski definition) is 4. The third-order valence-electron chi connectivity index (χ3n) is 2.87. The Hall–Kier alpha value is -1.14. The van der Waals surface area contributed by atoms with E-state index in [4.69, 9.17) is 5.73 Å². The maximum atomic E-state index is 11.4. The molecule has 0 aromatic rings. The lowest BCUT2D eigenvalue weighted by molar-refractivity contribution is -0.131. The number of carbonyl (C=O) groups is 2. The van der Waals surface area contributed by atoms with Gasteiger partial charge in [0, 0.05) is 25.0 Å². The molecule has 16 heavy (non-hydrogen) atoms. The number of nitrogens with two attached hydrogens (primary N) is 1. The first kappa shape index (κ1) is 12.9. The zero-order valence-corrected chi connectivity index (χ0v) is 9.56. The van der Waals surface area contributed by atoms with Crippen molar-refractivity contribution < 1.29 is 14.7 Å². The van der Waals surface area contributed by atoms with Crippen LogP contribution in [0.3, 0.4) is 0 Å². The van der Waals surface area contributed by atoms with Crippen molar-refractivity contribution in [1.82, 2.24) is 10.6 Å². The lowest BCUT2D eigenvalue weighted by Gasteiger charge is -2.19. The van der Waals surface area contributed by atoms with Crippen LogP contribution in [-0.4, -0.2) is 42.2 Å². The van der Waals surface area contributed by atoms with Crippen molar-refractivity contribution in [3.63, 3.8) is 0 Å². The summed E-state index contributed by atoms with van der Waals surface area (Å²) < 4.78 is 0. The lowest BCUT2D eigenvalue weighted by Crippen LogP contribution is -2.46. The second-order valence-corrected chi connectivity index (χ2v) is 4.30. The van der Waals surface area contributed by atoms with Gasteiger partial charge in [-0.3, -0.25) is 9.59 Å². The minimum atomic E-state index is -1.26. The maximum absolute atomic E-state index is 11.4. The molecule has 0 aliphatic carbocycles. The Kier molecular flexibility index (Phi) is 4.26. The number of aliphatic hydroxyl groups excluding tert-OH is 1. The van der Waals surface area contributed by atoms with Gasteiger partial charge in [0.1, 0.15) is 6.10 Å². The molecule has 92 valence electrons. The van der Waals surface area contributed by atoms with Crippen LogP contribution in [0.5, 0.6) is 0 Å². The molecule has 6 nitrogen and oxygen atoms in total. The summed E-state index contributed by atoms with van der Waals surface area (Å²) in [5, 5.41) is 14.6. The van der Waals surface area contributed by atoms with Gasteiger partial charge in [-0.25, -0.2) is 0 Å². The number of aliphatic hydroxyl groups is 1. The summed E-state index contributed by atoms with van der Waals surface area (Å²) in [7, 11) is 1.43. The van der Waals surface area contributed by atoms with Crippen LogP contribution in [0.2, 0.25) is 0 Å². The van der Waals surface area contributed by atoms with Crippen LogP contribution in [-0.2, 0) is 9.59 Å². The third-order valence-corrected chi connectivity index (χ3v) is 2.87. The van der Waals surface area contributed by atoms with Crippen molar-refractivity contribution in [3.05, 3.63) is 0 Å². The highest BCUT2D eigenvalue weighted by Gasteiger charge is 2.33. The Balaban J connectivity index is 2.48. The standard InChI is InChI=1S/C10H19N3O3/c1-5-3-6(9(15)13-5)4-7(11)8(14)10(16)12-2/h5-8,14H,3-4,11H2,1-2H3,(H,12,16)(H,13,15)/t5-,6+,7+,8?/m1/s1. The second kappa shape index (κ2) is 5.27. The van der Waals surface area contributed by atoms with Crippen LogP contribution < -0.4 is 16.4 Å². The van der Waals surface area contributed by atoms with Crippen molar-refractivity contribution in [3.8, 4) is 0 Å². The summed E-state index contributed by atoms with van der Waals surface area (Å²) in [5.41, 5.74) is 5.69. The average Bonchev–Trinajstić information content (AvgIpc) is 2.55. The summed E-state index contributed by atoms with van der Waals surface area (Å²) in [6, 6.07) is -0.567. The van der Waals surface area contributed by atoms with Gasteiger partial charge in [0.2, 0.25) is 11.8 Å². The predicted octanol–water partition coefficient (Wildman–Crippen LogP) is -1.66. The molecule has 4 atom stereocenters. The van der Waals surface area contributed by atoms with Crippen molar-refractivity contribution >= 4 is 11.8 Å². The summed E-state index contributed by atoms with van der Waals surface area (Å²) >= 11 is 0. The molecule has 1 fully saturated rings. The van der Waals surface area contributed by atoms with E-state index in [0.29, 0.717) is 12.8 Å². The van der Waals surface area contributed by atoms with Crippen LogP contribution in [0.15, 0.2) is 0 Å². The highest BCUT2D eigenvalue weighted by Crippen LogP contribution is 2.20.